The molecule has 1 heterocycles. The van der Waals surface area contributed by atoms with Gasteiger partial charge in [-0.15, -0.1) is 0 Å². The van der Waals surface area contributed by atoms with Crippen LogP contribution in [0.3, 0.4) is 0 Å². The first-order valence-corrected chi connectivity index (χ1v) is 18.6. The number of anilines is 1. The fourth-order valence-electron chi connectivity index (χ4n) is 4.34. The van der Waals surface area contributed by atoms with Crippen molar-refractivity contribution in [3.05, 3.63) is 102 Å². The maximum atomic E-state index is 13.7. The Morgan fingerprint density at radius 2 is 1.49 bits per heavy atom. The first-order chi connectivity index (χ1) is 23.3. The second-order valence-electron chi connectivity index (χ2n) is 12.3. The molecule has 4 rings (SSSR count). The summed E-state index contributed by atoms with van der Waals surface area (Å²) in [5.74, 6) is -0.889. The molecule has 1 aromatic heterocycles. The van der Waals surface area contributed by atoms with Crippen molar-refractivity contribution in [3.8, 4) is 0 Å². The largest absolute Gasteiger partial charge is 0.388 e. The summed E-state index contributed by atoms with van der Waals surface area (Å²) in [5.41, 5.74) is 11.3. The fourth-order valence-corrected chi connectivity index (χ4v) is 4.34. The van der Waals surface area contributed by atoms with E-state index in [-0.39, 0.29) is 18.3 Å². The maximum Gasteiger partial charge on any atom is 0.248 e. The van der Waals surface area contributed by atoms with E-state index >= 15 is 0 Å². The number of hydrogen-bond acceptors (Lipinski definition) is 4. The molecule has 2 aliphatic carbocycles. The number of benzene rings is 1. The summed E-state index contributed by atoms with van der Waals surface area (Å²) < 4.78 is 27.4. The molecule has 6 heteroatoms. The van der Waals surface area contributed by atoms with Gasteiger partial charge in [-0.2, -0.15) is 0 Å². The van der Waals surface area contributed by atoms with Crippen molar-refractivity contribution >= 4 is 11.5 Å². The fraction of sp³-hybridized carbons (Fsp3) is 0.558. The molecule has 4 N–H and O–H groups in total. The van der Waals surface area contributed by atoms with Crippen molar-refractivity contribution in [2.45, 2.75) is 133 Å². The van der Waals surface area contributed by atoms with Gasteiger partial charge in [0.2, 0.25) is 5.92 Å². The van der Waals surface area contributed by atoms with Crippen LogP contribution in [-0.2, 0) is 0 Å². The highest BCUT2D eigenvalue weighted by Gasteiger charge is 2.48. The van der Waals surface area contributed by atoms with E-state index in [4.69, 9.17) is 5.73 Å². The summed E-state index contributed by atoms with van der Waals surface area (Å²) in [6, 6.07) is 14.0. The number of pyridine rings is 1. The van der Waals surface area contributed by atoms with E-state index in [1.165, 1.54) is 19.3 Å². The Balaban J connectivity index is 0. The molecule has 0 saturated heterocycles. The lowest BCUT2D eigenvalue weighted by Crippen LogP contribution is -2.15. The molecule has 2 aliphatic rings. The highest BCUT2D eigenvalue weighted by Crippen LogP contribution is 2.57. The molecule has 0 unspecified atom stereocenters. The third-order valence-electron chi connectivity index (χ3n) is 8.16. The minimum atomic E-state index is -2.56. The number of unbranched alkanes of at least 4 members (excludes halogenated alkanes) is 1. The van der Waals surface area contributed by atoms with Crippen molar-refractivity contribution in [1.29, 1.82) is 0 Å². The Morgan fingerprint density at radius 1 is 0.918 bits per heavy atom. The molecule has 0 aliphatic heterocycles. The van der Waals surface area contributed by atoms with Crippen LogP contribution in [0.4, 0.5) is 14.6 Å². The van der Waals surface area contributed by atoms with E-state index < -0.39 is 5.92 Å². The minimum absolute atomic E-state index is 0.0661. The van der Waals surface area contributed by atoms with Crippen LogP contribution in [0.1, 0.15) is 130 Å². The SMILES string of the molecule is C=C(NC)c1ccccc1.C=C(Nc1ccc(C)c(C)n1)C1(C2=C/CCC(F)(F)CC/C=C\2)CC1.CC.CC.CCC(C)C.CCCCN. The molecule has 0 radical (unpaired) electrons. The van der Waals surface area contributed by atoms with Crippen LogP contribution in [0.25, 0.3) is 5.70 Å². The third kappa shape index (κ3) is 20.1. The number of hydrogen-bond donors (Lipinski definition) is 3. The van der Waals surface area contributed by atoms with Gasteiger partial charge in [0.05, 0.1) is 0 Å². The predicted octanol–water partition coefficient (Wildman–Crippen LogP) is 12.8. The number of nitrogens with two attached hydrogens (primary N) is 1. The molecule has 0 atom stereocenters. The zero-order valence-corrected chi connectivity index (χ0v) is 33.1. The number of nitrogens with one attached hydrogen (secondary N) is 2. The summed E-state index contributed by atoms with van der Waals surface area (Å²) in [7, 11) is 1.87. The maximum absolute atomic E-state index is 13.7. The summed E-state index contributed by atoms with van der Waals surface area (Å²) >= 11 is 0. The van der Waals surface area contributed by atoms with Crippen molar-refractivity contribution in [3.63, 3.8) is 0 Å². The summed E-state index contributed by atoms with van der Waals surface area (Å²) in [6.45, 7) is 29.7. The molecule has 49 heavy (non-hydrogen) atoms. The average Bonchev–Trinajstić information content (AvgIpc) is 3.91. The van der Waals surface area contributed by atoms with Gasteiger partial charge in [-0.3, -0.25) is 0 Å². The Kier molecular flexibility index (Phi) is 26.9. The third-order valence-corrected chi connectivity index (χ3v) is 8.16. The van der Waals surface area contributed by atoms with Crippen LogP contribution in [0.15, 0.2) is 85.1 Å². The molecule has 4 nitrogen and oxygen atoms in total. The molecular formula is C43H72F2N4. The normalized spacial score (nSPS) is 16.6. The van der Waals surface area contributed by atoms with E-state index in [1.807, 2.05) is 109 Å². The topological polar surface area (TPSA) is 63.0 Å². The molecule has 2 aromatic rings. The van der Waals surface area contributed by atoms with E-state index in [1.54, 1.807) is 0 Å². The van der Waals surface area contributed by atoms with Gasteiger partial charge in [0, 0.05) is 42.4 Å². The van der Waals surface area contributed by atoms with Crippen molar-refractivity contribution < 1.29 is 8.78 Å². The van der Waals surface area contributed by atoms with Crippen molar-refractivity contribution in [1.82, 2.24) is 10.3 Å². The van der Waals surface area contributed by atoms with Crippen LogP contribution in [0.2, 0.25) is 0 Å². The smallest absolute Gasteiger partial charge is 0.248 e. The molecule has 278 valence electrons. The monoisotopic (exact) mass is 683 g/mol. The molecule has 1 fully saturated rings. The Morgan fingerprint density at radius 3 is 1.94 bits per heavy atom. The Bertz CT molecular complexity index is 1210. The number of nitrogens with zero attached hydrogens (tertiary/aromatic N) is 1. The van der Waals surface area contributed by atoms with Gasteiger partial charge < -0.3 is 16.4 Å². The number of allylic oxidation sites excluding steroid dienone is 4. The van der Waals surface area contributed by atoms with Crippen LogP contribution < -0.4 is 16.4 Å². The van der Waals surface area contributed by atoms with Crippen LogP contribution in [0, 0.1) is 25.2 Å². The predicted molar refractivity (Wildman–Crippen MR) is 215 cm³/mol. The number of rotatable bonds is 9. The summed E-state index contributed by atoms with van der Waals surface area (Å²) in [4.78, 5) is 4.56. The number of aromatic nitrogens is 1. The minimum Gasteiger partial charge on any atom is -0.388 e. The van der Waals surface area contributed by atoms with E-state index in [9.17, 15) is 8.78 Å². The van der Waals surface area contributed by atoms with E-state index in [0.29, 0.717) is 12.8 Å². The summed E-state index contributed by atoms with van der Waals surface area (Å²) in [5, 5.41) is 6.34. The highest BCUT2D eigenvalue weighted by molar-refractivity contribution is 5.60. The second kappa shape index (κ2) is 27.6. The molecule has 1 aromatic carbocycles. The van der Waals surface area contributed by atoms with Gasteiger partial charge in [-0.25, -0.2) is 13.8 Å². The van der Waals surface area contributed by atoms with Gasteiger partial charge in [0.25, 0.3) is 0 Å². The van der Waals surface area contributed by atoms with Crippen LogP contribution in [0.5, 0.6) is 0 Å². The number of alkyl halides is 2. The van der Waals surface area contributed by atoms with Crippen LogP contribution >= 0.6 is 0 Å². The van der Waals surface area contributed by atoms with Gasteiger partial charge >= 0.3 is 0 Å². The van der Waals surface area contributed by atoms with E-state index in [0.717, 1.165) is 64.9 Å². The first-order valence-electron chi connectivity index (χ1n) is 18.6. The van der Waals surface area contributed by atoms with Gasteiger partial charge in [-0.05, 0) is 81.2 Å². The van der Waals surface area contributed by atoms with Crippen LogP contribution in [-0.4, -0.2) is 24.5 Å². The molecular weight excluding hydrogens is 610 g/mol. The standard InChI is InChI=1S/C21H26F2N2.C9H11N.C5H12.C4H11N.2C2H6/c1-15-9-10-19(24-16(15)2)25-17(3)20(13-14-20)18-7-4-5-11-21(22,23)12-6-8-18;1-8(10-2)9-6-4-3-5-7-9;1-4-5(2)3;1-2-3-4-5;2*1-2/h4,7-10H,3,5-6,11-14H2,1-2H3,(H,24,25);3-7,10H,1H2,2H3;5H,4H2,1-3H3;2-5H2,1H3;2*1-2H3/b7-4-,18-8+;;;;;. The lowest BCUT2D eigenvalue weighted by atomic mass is 9.90. The molecule has 0 spiro atoms. The second-order valence-corrected chi connectivity index (χ2v) is 12.3. The zero-order chi connectivity index (χ0) is 37.9. The lowest BCUT2D eigenvalue weighted by Gasteiger charge is -2.22. The summed E-state index contributed by atoms with van der Waals surface area (Å²) in [6.07, 6.45) is 12.2. The van der Waals surface area contributed by atoms with Gasteiger partial charge in [0.15, 0.2) is 0 Å². The first kappa shape index (κ1) is 47.9. The Hall–Kier alpha value is -3.25. The Labute approximate surface area is 300 Å². The number of aryl methyl sites for hydroxylation is 2. The highest BCUT2D eigenvalue weighted by atomic mass is 19.3. The molecule has 1 saturated carbocycles. The van der Waals surface area contributed by atoms with Gasteiger partial charge in [-0.1, -0.05) is 136 Å². The quantitative estimate of drug-likeness (QED) is 0.246. The molecule has 0 amide bonds. The van der Waals surface area contributed by atoms with Crippen molar-refractivity contribution in [2.24, 2.45) is 17.1 Å². The number of halogens is 2. The van der Waals surface area contributed by atoms with Crippen molar-refractivity contribution in [2.75, 3.05) is 18.9 Å². The zero-order valence-electron chi connectivity index (χ0n) is 33.1. The van der Waals surface area contributed by atoms with E-state index in [2.05, 4.69) is 56.5 Å². The molecule has 0 bridgehead atoms. The average molecular weight is 683 g/mol. The van der Waals surface area contributed by atoms with Gasteiger partial charge in [0.1, 0.15) is 5.82 Å². The lowest BCUT2D eigenvalue weighted by molar-refractivity contribution is -0.0141.